The van der Waals surface area contributed by atoms with E-state index in [9.17, 15) is 4.79 Å². The lowest BCUT2D eigenvalue weighted by atomic mass is 10.1. The van der Waals surface area contributed by atoms with Crippen molar-refractivity contribution < 1.29 is 9.53 Å². The summed E-state index contributed by atoms with van der Waals surface area (Å²) in [6.07, 6.45) is 0.483. The van der Waals surface area contributed by atoms with Crippen LogP contribution in [0.4, 0.5) is 0 Å². The van der Waals surface area contributed by atoms with Crippen molar-refractivity contribution in [1.82, 2.24) is 0 Å². The van der Waals surface area contributed by atoms with Gasteiger partial charge in [0.05, 0.1) is 12.7 Å². The predicted octanol–water partition coefficient (Wildman–Crippen LogP) is 2.60. The third-order valence-electron chi connectivity index (χ3n) is 1.57. The van der Waals surface area contributed by atoms with Gasteiger partial charge in [-0.15, -0.1) is 11.8 Å². The van der Waals surface area contributed by atoms with Crippen LogP contribution in [0.1, 0.15) is 20.3 Å². The van der Waals surface area contributed by atoms with E-state index in [-0.39, 0.29) is 6.61 Å². The fourth-order valence-electron chi connectivity index (χ4n) is 0.763. The Labute approximate surface area is 104 Å². The van der Waals surface area contributed by atoms with Gasteiger partial charge in [-0.05, 0) is 12.7 Å². The summed E-state index contributed by atoms with van der Waals surface area (Å²) in [5.41, 5.74) is 0. The minimum Gasteiger partial charge on any atom is -0.468 e. The van der Waals surface area contributed by atoms with Gasteiger partial charge in [-0.1, -0.05) is 30.9 Å². The summed E-state index contributed by atoms with van der Waals surface area (Å²) >= 11 is 8.02. The molecule has 1 unspecified atom stereocenters. The number of carbonyl (C=O) groups is 1. The van der Waals surface area contributed by atoms with Crippen molar-refractivity contribution >= 4 is 45.7 Å². The third kappa shape index (κ3) is 6.77. The van der Waals surface area contributed by atoms with E-state index in [0.717, 1.165) is 9.28 Å². The summed E-state index contributed by atoms with van der Waals surface area (Å²) in [4.78, 5) is 9.96. The molecule has 6 heteroatoms. The van der Waals surface area contributed by atoms with Gasteiger partial charge in [-0.2, -0.15) is 5.26 Å². The quantitative estimate of drug-likeness (QED) is 0.417. The molecule has 15 heavy (non-hydrogen) atoms. The van der Waals surface area contributed by atoms with Crippen molar-refractivity contribution in [3.63, 3.8) is 0 Å². The zero-order chi connectivity index (χ0) is 11.7. The molecule has 0 aromatic rings. The van der Waals surface area contributed by atoms with Crippen LogP contribution in [-0.2, 0) is 9.53 Å². The fourth-order valence-corrected chi connectivity index (χ4v) is 3.64. The molecule has 0 aliphatic rings. The summed E-state index contributed by atoms with van der Waals surface area (Å²) in [6.45, 7) is 4.45. The van der Waals surface area contributed by atoms with Crippen LogP contribution in [0.3, 0.4) is 0 Å². The molecular weight excluding hydrogens is 250 g/mol. The molecule has 0 amide bonds. The van der Waals surface area contributed by atoms with Crippen LogP contribution in [0.5, 0.6) is 0 Å². The van der Waals surface area contributed by atoms with E-state index in [4.69, 9.17) is 17.5 Å². The molecule has 3 nitrogen and oxygen atoms in total. The summed E-state index contributed by atoms with van der Waals surface area (Å²) < 4.78 is 4.73. The number of hydrogen-bond donors (Lipinski definition) is 0. The topological polar surface area (TPSA) is 50.1 Å². The van der Waals surface area contributed by atoms with E-state index in [1.165, 1.54) is 11.8 Å². The van der Waals surface area contributed by atoms with Crippen molar-refractivity contribution in [2.24, 2.45) is 0 Å². The maximum absolute atomic E-state index is 9.96. The normalized spacial score (nSPS) is 13.7. The fraction of sp³-hybridized carbons (Fsp3) is 0.667. The number of nitrogens with zero attached hydrogens (tertiary/aromatic N) is 1. The Morgan fingerprint density at radius 3 is 2.87 bits per heavy atom. The van der Waals surface area contributed by atoms with Crippen LogP contribution < -0.4 is 0 Å². The van der Waals surface area contributed by atoms with E-state index < -0.39 is 4.75 Å². The van der Waals surface area contributed by atoms with Crippen LogP contribution in [0.25, 0.3) is 0 Å². The summed E-state index contributed by atoms with van der Waals surface area (Å²) in [5.74, 6) is 0.901. The first-order valence-electron chi connectivity index (χ1n) is 4.40. The largest absolute Gasteiger partial charge is 0.468 e. The molecule has 84 valence electrons. The van der Waals surface area contributed by atoms with Gasteiger partial charge in [0.25, 0.3) is 6.47 Å². The van der Waals surface area contributed by atoms with Gasteiger partial charge in [0.1, 0.15) is 8.28 Å². The minimum absolute atomic E-state index is 0.250. The monoisotopic (exact) mass is 263 g/mol. The SMILES string of the molecule is CCSC(=S)SC(C)(C#N)CCOC=O. The smallest absolute Gasteiger partial charge is 0.293 e. The van der Waals surface area contributed by atoms with Crippen LogP contribution in [0, 0.1) is 11.3 Å². The highest BCUT2D eigenvalue weighted by molar-refractivity contribution is 8.47. The third-order valence-corrected chi connectivity index (χ3v) is 4.22. The van der Waals surface area contributed by atoms with Crippen molar-refractivity contribution in [3.8, 4) is 6.07 Å². The molecule has 0 bridgehead atoms. The molecule has 0 saturated carbocycles. The molecule has 0 N–H and O–H groups in total. The minimum atomic E-state index is -0.609. The molecule has 0 aliphatic carbocycles. The Morgan fingerprint density at radius 2 is 2.40 bits per heavy atom. The number of hydrogen-bond acceptors (Lipinski definition) is 6. The van der Waals surface area contributed by atoms with Gasteiger partial charge in [0.15, 0.2) is 0 Å². The molecular formula is C9H13NO2S3. The number of rotatable bonds is 6. The molecule has 0 heterocycles. The number of thioether (sulfide) groups is 2. The second-order valence-corrected chi connectivity index (χ2v) is 6.82. The zero-order valence-electron chi connectivity index (χ0n) is 8.69. The van der Waals surface area contributed by atoms with Crippen molar-refractivity contribution in [2.75, 3.05) is 12.4 Å². The van der Waals surface area contributed by atoms with Gasteiger partial charge in [0.2, 0.25) is 0 Å². The second-order valence-electron chi connectivity index (χ2n) is 2.84. The molecule has 0 spiro atoms. The predicted molar refractivity (Wildman–Crippen MR) is 69.0 cm³/mol. The Balaban J connectivity index is 4.13. The Hall–Kier alpha value is -0.250. The van der Waals surface area contributed by atoms with Gasteiger partial charge in [-0.3, -0.25) is 4.79 Å². The zero-order valence-corrected chi connectivity index (χ0v) is 11.1. The van der Waals surface area contributed by atoms with Gasteiger partial charge >= 0.3 is 0 Å². The first-order valence-corrected chi connectivity index (χ1v) is 6.61. The summed E-state index contributed by atoms with van der Waals surface area (Å²) in [6, 6.07) is 2.19. The lowest BCUT2D eigenvalue weighted by Crippen LogP contribution is -2.21. The Bertz CT molecular complexity index is 265. The first-order chi connectivity index (χ1) is 7.08. The number of carbonyl (C=O) groups excluding carboxylic acids is 1. The number of nitriles is 1. The van der Waals surface area contributed by atoms with E-state index in [0.29, 0.717) is 12.9 Å². The lowest BCUT2D eigenvalue weighted by Gasteiger charge is -2.19. The molecule has 0 rings (SSSR count). The first kappa shape index (κ1) is 14.8. The standard InChI is InChI=1S/C9H13NO2S3/c1-3-14-8(13)15-9(2,6-10)4-5-12-7-11/h7H,3-5H2,1-2H3. The molecule has 1 atom stereocenters. The number of ether oxygens (including phenoxy) is 1. The molecule has 0 aliphatic heterocycles. The molecule has 0 saturated heterocycles. The van der Waals surface area contributed by atoms with Crippen molar-refractivity contribution in [2.45, 2.75) is 25.0 Å². The van der Waals surface area contributed by atoms with E-state index >= 15 is 0 Å². The average Bonchev–Trinajstić information content (AvgIpc) is 2.18. The van der Waals surface area contributed by atoms with Crippen LogP contribution in [-0.4, -0.2) is 27.1 Å². The molecule has 0 fully saturated rings. The van der Waals surface area contributed by atoms with Crippen LogP contribution in [0.2, 0.25) is 0 Å². The maximum Gasteiger partial charge on any atom is 0.293 e. The summed E-state index contributed by atoms with van der Waals surface area (Å²) in [5, 5.41) is 9.02. The van der Waals surface area contributed by atoms with Gasteiger partial charge in [0, 0.05) is 6.42 Å². The maximum atomic E-state index is 9.96. The second kappa shape index (κ2) is 7.97. The number of thiocarbonyl (C=S) groups is 1. The van der Waals surface area contributed by atoms with E-state index in [2.05, 4.69) is 10.8 Å². The lowest BCUT2D eigenvalue weighted by molar-refractivity contribution is -0.128. The van der Waals surface area contributed by atoms with E-state index in [1.807, 2.05) is 6.92 Å². The highest BCUT2D eigenvalue weighted by Gasteiger charge is 2.26. The molecule has 0 radical (unpaired) electrons. The van der Waals surface area contributed by atoms with Gasteiger partial charge in [-0.25, -0.2) is 0 Å². The average molecular weight is 263 g/mol. The highest BCUT2D eigenvalue weighted by Crippen LogP contribution is 2.33. The van der Waals surface area contributed by atoms with Gasteiger partial charge < -0.3 is 4.74 Å². The molecule has 0 aromatic heterocycles. The highest BCUT2D eigenvalue weighted by atomic mass is 32.2. The summed E-state index contributed by atoms with van der Waals surface area (Å²) in [7, 11) is 0. The van der Waals surface area contributed by atoms with Crippen molar-refractivity contribution in [3.05, 3.63) is 0 Å². The van der Waals surface area contributed by atoms with E-state index in [1.54, 1.807) is 18.7 Å². The van der Waals surface area contributed by atoms with Crippen LogP contribution in [0.15, 0.2) is 0 Å². The molecule has 0 aromatic carbocycles. The van der Waals surface area contributed by atoms with Crippen LogP contribution >= 0.6 is 35.7 Å². The Morgan fingerprint density at radius 1 is 1.73 bits per heavy atom. The van der Waals surface area contributed by atoms with Crippen molar-refractivity contribution in [1.29, 1.82) is 5.26 Å². The Kier molecular flexibility index (Phi) is 7.83.